The number of hydrogen-bond donors (Lipinski definition) is 1. The van der Waals surface area contributed by atoms with Crippen LogP contribution in [0.25, 0.3) is 27.8 Å². The number of carbonyl (C=O) groups is 1. The summed E-state index contributed by atoms with van der Waals surface area (Å²) in [5.41, 5.74) is 3.11. The maximum Gasteiger partial charge on any atom is 0.327 e. The lowest BCUT2D eigenvalue weighted by molar-refractivity contribution is -0.142. The van der Waals surface area contributed by atoms with Crippen molar-refractivity contribution >= 4 is 34.3 Å². The maximum absolute atomic E-state index is 13.0. The molecule has 8 nitrogen and oxygen atoms in total. The van der Waals surface area contributed by atoms with Crippen LogP contribution in [-0.2, 0) is 11.2 Å². The van der Waals surface area contributed by atoms with Crippen LogP contribution in [0.4, 0.5) is 0 Å². The molecule has 154 valence electrons. The lowest BCUT2D eigenvalue weighted by Crippen LogP contribution is -2.33. The topological polar surface area (TPSA) is 102 Å². The van der Waals surface area contributed by atoms with E-state index in [0.29, 0.717) is 22.6 Å². The molecule has 3 heterocycles. The fraction of sp³-hybridized carbons (Fsp3) is 0.286. The third-order valence-corrected chi connectivity index (χ3v) is 5.38. The SMILES string of the molecule is CCc1nn2c(nnc3c(=O)n([C@H](C(=O)O)C(C)C)ccc32)c1-c1ccc(Cl)cc1. The molecule has 0 unspecified atom stereocenters. The van der Waals surface area contributed by atoms with Crippen molar-refractivity contribution in [3.05, 3.63) is 57.6 Å². The Labute approximate surface area is 176 Å². The van der Waals surface area contributed by atoms with Crippen LogP contribution in [0.2, 0.25) is 5.02 Å². The Balaban J connectivity index is 1.99. The molecule has 30 heavy (non-hydrogen) atoms. The molecule has 1 N–H and O–H groups in total. The number of carboxylic acids is 1. The summed E-state index contributed by atoms with van der Waals surface area (Å²) < 4.78 is 2.79. The second-order valence-electron chi connectivity index (χ2n) is 7.41. The summed E-state index contributed by atoms with van der Waals surface area (Å²) in [7, 11) is 0. The van der Waals surface area contributed by atoms with Crippen molar-refractivity contribution in [3.63, 3.8) is 0 Å². The normalized spacial score (nSPS) is 12.7. The second-order valence-corrected chi connectivity index (χ2v) is 7.84. The average molecular weight is 426 g/mol. The summed E-state index contributed by atoms with van der Waals surface area (Å²) in [6, 6.07) is 8.04. The van der Waals surface area contributed by atoms with Gasteiger partial charge in [0.2, 0.25) is 0 Å². The number of aliphatic carboxylic acids is 1. The van der Waals surface area contributed by atoms with Crippen LogP contribution in [-0.4, -0.2) is 35.5 Å². The van der Waals surface area contributed by atoms with E-state index in [1.165, 1.54) is 10.8 Å². The molecule has 1 atom stereocenters. The van der Waals surface area contributed by atoms with E-state index in [9.17, 15) is 14.7 Å². The van der Waals surface area contributed by atoms with Gasteiger partial charge in [-0.3, -0.25) is 9.36 Å². The standard InChI is InChI=1S/C21H20ClN5O3/c1-4-14-16(12-5-7-13(22)8-6-12)19-24-23-17-15(27(19)25-14)9-10-26(20(17)28)18(11(2)3)21(29)30/h5-11,18H,4H2,1-3H3,(H,29,30)/t18-/m0/s1. The Morgan fingerprint density at radius 2 is 1.87 bits per heavy atom. The van der Waals surface area contributed by atoms with Crippen molar-refractivity contribution < 1.29 is 9.90 Å². The van der Waals surface area contributed by atoms with Crippen LogP contribution < -0.4 is 5.56 Å². The third kappa shape index (κ3) is 3.13. The summed E-state index contributed by atoms with van der Waals surface area (Å²) in [4.78, 5) is 24.7. The first-order chi connectivity index (χ1) is 14.3. The van der Waals surface area contributed by atoms with Gasteiger partial charge in [0.25, 0.3) is 5.56 Å². The number of fused-ring (bicyclic) bond motifs is 3. The fourth-order valence-electron chi connectivity index (χ4n) is 3.71. The third-order valence-electron chi connectivity index (χ3n) is 5.13. The summed E-state index contributed by atoms with van der Waals surface area (Å²) in [5, 5.41) is 23.3. The number of pyridine rings is 1. The Morgan fingerprint density at radius 3 is 2.47 bits per heavy atom. The number of nitrogens with zero attached hydrogens (tertiary/aromatic N) is 5. The molecule has 0 fully saturated rings. The Kier molecular flexibility index (Phi) is 5.03. The van der Waals surface area contributed by atoms with Gasteiger partial charge in [0.05, 0.1) is 11.3 Å². The number of rotatable bonds is 5. The highest BCUT2D eigenvalue weighted by Gasteiger charge is 2.26. The van der Waals surface area contributed by atoms with Crippen LogP contribution in [0.15, 0.2) is 41.3 Å². The van der Waals surface area contributed by atoms with Crippen LogP contribution in [0.3, 0.4) is 0 Å². The van der Waals surface area contributed by atoms with Crippen molar-refractivity contribution in [1.29, 1.82) is 0 Å². The average Bonchev–Trinajstić information content (AvgIpc) is 3.09. The van der Waals surface area contributed by atoms with Gasteiger partial charge >= 0.3 is 5.97 Å². The molecule has 0 aliphatic heterocycles. The highest BCUT2D eigenvalue weighted by atomic mass is 35.5. The molecular formula is C21H20ClN5O3. The zero-order valence-electron chi connectivity index (χ0n) is 16.7. The molecule has 0 aliphatic carbocycles. The van der Waals surface area contributed by atoms with Gasteiger partial charge in [0, 0.05) is 11.2 Å². The van der Waals surface area contributed by atoms with Crippen molar-refractivity contribution in [3.8, 4) is 11.1 Å². The summed E-state index contributed by atoms with van der Waals surface area (Å²) in [5.74, 6) is -1.35. The van der Waals surface area contributed by atoms with E-state index < -0.39 is 17.6 Å². The second kappa shape index (κ2) is 7.53. The van der Waals surface area contributed by atoms with Crippen LogP contribution in [0.1, 0.15) is 32.5 Å². The molecule has 0 radical (unpaired) electrons. The van der Waals surface area contributed by atoms with E-state index in [1.54, 1.807) is 36.6 Å². The van der Waals surface area contributed by atoms with E-state index in [2.05, 4.69) is 15.3 Å². The Morgan fingerprint density at radius 1 is 1.17 bits per heavy atom. The fourth-order valence-corrected chi connectivity index (χ4v) is 3.84. The minimum absolute atomic E-state index is 0.0738. The molecule has 4 aromatic rings. The molecule has 0 saturated carbocycles. The zero-order chi connectivity index (χ0) is 21.6. The van der Waals surface area contributed by atoms with Gasteiger partial charge in [-0.2, -0.15) is 5.10 Å². The first-order valence-corrected chi connectivity index (χ1v) is 9.99. The monoisotopic (exact) mass is 425 g/mol. The number of aryl methyl sites for hydroxylation is 1. The number of carboxylic acid groups (broad SMARTS) is 1. The van der Waals surface area contributed by atoms with Gasteiger partial charge in [-0.1, -0.05) is 44.5 Å². The highest BCUT2D eigenvalue weighted by Crippen LogP contribution is 2.30. The summed E-state index contributed by atoms with van der Waals surface area (Å²) in [6.07, 6.45) is 2.15. The Bertz CT molecular complexity index is 1320. The highest BCUT2D eigenvalue weighted by molar-refractivity contribution is 6.30. The number of halogens is 1. The van der Waals surface area contributed by atoms with Crippen molar-refractivity contribution in [1.82, 2.24) is 24.4 Å². The molecule has 0 aliphatic rings. The first kappa shape index (κ1) is 20.0. The van der Waals surface area contributed by atoms with Gasteiger partial charge in [-0.25, -0.2) is 9.31 Å². The molecule has 1 aromatic carbocycles. The number of benzene rings is 1. The predicted molar refractivity (Wildman–Crippen MR) is 114 cm³/mol. The predicted octanol–water partition coefficient (Wildman–Crippen LogP) is 3.60. The Hall–Kier alpha value is -3.26. The minimum Gasteiger partial charge on any atom is -0.480 e. The summed E-state index contributed by atoms with van der Waals surface area (Å²) in [6.45, 7) is 5.50. The van der Waals surface area contributed by atoms with Crippen molar-refractivity contribution in [2.75, 3.05) is 0 Å². The van der Waals surface area contributed by atoms with Crippen LogP contribution >= 0.6 is 11.6 Å². The van der Waals surface area contributed by atoms with Crippen molar-refractivity contribution in [2.24, 2.45) is 5.92 Å². The van der Waals surface area contributed by atoms with Crippen LogP contribution in [0, 0.1) is 5.92 Å². The smallest absolute Gasteiger partial charge is 0.327 e. The summed E-state index contributed by atoms with van der Waals surface area (Å²) >= 11 is 6.02. The van der Waals surface area contributed by atoms with Gasteiger partial charge in [-0.15, -0.1) is 10.2 Å². The quantitative estimate of drug-likeness (QED) is 0.524. The zero-order valence-corrected chi connectivity index (χ0v) is 17.5. The molecule has 0 amide bonds. The largest absolute Gasteiger partial charge is 0.480 e. The molecule has 0 spiro atoms. The first-order valence-electron chi connectivity index (χ1n) is 9.61. The van der Waals surface area contributed by atoms with Gasteiger partial charge in [0.1, 0.15) is 11.6 Å². The minimum atomic E-state index is -1.07. The van der Waals surface area contributed by atoms with E-state index in [1.807, 2.05) is 19.1 Å². The van der Waals surface area contributed by atoms with Gasteiger partial charge in [-0.05, 0) is 36.1 Å². The molecular weight excluding hydrogens is 406 g/mol. The van der Waals surface area contributed by atoms with E-state index in [0.717, 1.165) is 16.8 Å². The van der Waals surface area contributed by atoms with E-state index in [4.69, 9.17) is 11.6 Å². The van der Waals surface area contributed by atoms with Crippen molar-refractivity contribution in [2.45, 2.75) is 33.2 Å². The lowest BCUT2D eigenvalue weighted by atomic mass is 10.0. The number of hydrogen-bond acceptors (Lipinski definition) is 5. The molecule has 9 heteroatoms. The molecule has 4 rings (SSSR count). The van der Waals surface area contributed by atoms with Gasteiger partial charge < -0.3 is 5.11 Å². The van der Waals surface area contributed by atoms with Gasteiger partial charge in [0.15, 0.2) is 11.2 Å². The molecule has 3 aromatic heterocycles. The maximum atomic E-state index is 13.0. The number of aromatic nitrogens is 5. The van der Waals surface area contributed by atoms with E-state index >= 15 is 0 Å². The van der Waals surface area contributed by atoms with Crippen LogP contribution in [0.5, 0.6) is 0 Å². The lowest BCUT2D eigenvalue weighted by Gasteiger charge is -2.19. The molecule has 0 bridgehead atoms. The molecule has 0 saturated heterocycles. The van der Waals surface area contributed by atoms with E-state index in [-0.39, 0.29) is 11.4 Å².